The van der Waals surface area contributed by atoms with Gasteiger partial charge in [-0.2, -0.15) is 5.26 Å². The zero-order valence-electron chi connectivity index (χ0n) is 13.5. The number of ether oxygens (including phenoxy) is 1. The quantitative estimate of drug-likeness (QED) is 0.882. The average Bonchev–Trinajstić information content (AvgIpc) is 2.63. The maximum atomic E-state index is 11.9. The number of nitrogens with one attached hydrogen (secondary N) is 1. The van der Waals surface area contributed by atoms with Crippen LogP contribution in [0.25, 0.3) is 0 Å². The Hall–Kier alpha value is -2.59. The molecule has 2 aromatic carbocycles. The number of benzene rings is 2. The molecule has 1 saturated heterocycles. The van der Waals surface area contributed by atoms with Crippen LogP contribution in [0.5, 0.6) is 0 Å². The lowest BCUT2D eigenvalue weighted by Crippen LogP contribution is -2.33. The molecule has 3 N–H and O–H groups in total. The van der Waals surface area contributed by atoms with Crippen molar-refractivity contribution < 1.29 is 9.53 Å². The molecule has 0 spiro atoms. The van der Waals surface area contributed by atoms with Gasteiger partial charge in [0.15, 0.2) is 0 Å². The molecule has 0 aromatic heterocycles. The number of nitrogens with zero attached hydrogens (tertiary/aromatic N) is 2. The third kappa shape index (κ3) is 4.28. The van der Waals surface area contributed by atoms with E-state index in [9.17, 15) is 4.79 Å². The van der Waals surface area contributed by atoms with Gasteiger partial charge < -0.3 is 15.8 Å². The second kappa shape index (κ2) is 8.49. The van der Waals surface area contributed by atoms with Crippen molar-refractivity contribution in [1.82, 2.24) is 5.32 Å². The summed E-state index contributed by atoms with van der Waals surface area (Å²) < 4.78 is 5.72. The Morgan fingerprint density at radius 3 is 2.60 bits per heavy atom. The monoisotopic (exact) mass is 358 g/mol. The topological polar surface area (TPSA) is 91.4 Å². The highest BCUT2D eigenvalue weighted by Gasteiger charge is 2.18. The first-order valence-electron chi connectivity index (χ1n) is 7.71. The van der Waals surface area contributed by atoms with Crippen molar-refractivity contribution in [1.29, 1.82) is 5.26 Å². The van der Waals surface area contributed by atoms with E-state index in [4.69, 9.17) is 15.7 Å². The third-order valence-electron chi connectivity index (χ3n) is 3.90. The van der Waals surface area contributed by atoms with Gasteiger partial charge in [0.2, 0.25) is 0 Å². The molecule has 7 heteroatoms. The molecular formula is C18H19ClN4O2. The van der Waals surface area contributed by atoms with Crippen molar-refractivity contribution in [3.05, 3.63) is 59.7 Å². The highest BCUT2D eigenvalue weighted by Crippen LogP contribution is 2.28. The number of hydrogen-bond donors (Lipinski definition) is 2. The molecule has 1 atom stereocenters. The molecule has 1 heterocycles. The normalized spacial score (nSPS) is 16.4. The maximum Gasteiger partial charge on any atom is 0.323 e. The van der Waals surface area contributed by atoms with Gasteiger partial charge in [-0.25, -0.2) is 4.79 Å². The van der Waals surface area contributed by atoms with E-state index in [2.05, 4.69) is 11.4 Å². The maximum absolute atomic E-state index is 11.9. The number of nitriles is 1. The summed E-state index contributed by atoms with van der Waals surface area (Å²) in [6.07, 6.45) is 0.0109. The van der Waals surface area contributed by atoms with E-state index >= 15 is 0 Å². The molecule has 3 rings (SSSR count). The van der Waals surface area contributed by atoms with Crippen LogP contribution in [0.15, 0.2) is 48.5 Å². The van der Waals surface area contributed by atoms with E-state index in [0.717, 1.165) is 18.7 Å². The van der Waals surface area contributed by atoms with Gasteiger partial charge in [-0.1, -0.05) is 18.2 Å². The minimum absolute atomic E-state index is 0. The van der Waals surface area contributed by atoms with Crippen LogP contribution in [0, 0.1) is 11.3 Å². The van der Waals surface area contributed by atoms with Gasteiger partial charge in [-0.3, -0.25) is 4.90 Å². The zero-order valence-corrected chi connectivity index (χ0v) is 14.3. The zero-order chi connectivity index (χ0) is 16.9. The van der Waals surface area contributed by atoms with Gasteiger partial charge in [0.25, 0.3) is 0 Å². The number of primary amides is 1. The number of hydrogen-bond acceptors (Lipinski definition) is 4. The molecule has 1 fully saturated rings. The number of urea groups is 1. The fraction of sp³-hybridized carbons (Fsp3) is 0.222. The number of nitrogens with two attached hydrogens (primary N) is 1. The Morgan fingerprint density at radius 2 is 2.00 bits per heavy atom. The molecule has 2 aromatic rings. The van der Waals surface area contributed by atoms with Crippen LogP contribution in [-0.4, -0.2) is 25.7 Å². The van der Waals surface area contributed by atoms with Crippen LogP contribution in [0.1, 0.15) is 17.2 Å². The molecule has 0 bridgehead atoms. The van der Waals surface area contributed by atoms with E-state index < -0.39 is 6.03 Å². The van der Waals surface area contributed by atoms with Gasteiger partial charge in [0, 0.05) is 13.1 Å². The summed E-state index contributed by atoms with van der Waals surface area (Å²) >= 11 is 0. The van der Waals surface area contributed by atoms with Crippen LogP contribution >= 0.6 is 12.4 Å². The first kappa shape index (κ1) is 18.7. The Balaban J connectivity index is 0.00000225. The van der Waals surface area contributed by atoms with Crippen LogP contribution in [0.3, 0.4) is 0 Å². The van der Waals surface area contributed by atoms with Gasteiger partial charge in [0.1, 0.15) is 0 Å². The van der Waals surface area contributed by atoms with Crippen molar-refractivity contribution in [3.63, 3.8) is 0 Å². The summed E-state index contributed by atoms with van der Waals surface area (Å²) in [5.74, 6) is 0. The minimum atomic E-state index is -0.603. The Bertz CT molecular complexity index is 767. The summed E-state index contributed by atoms with van der Waals surface area (Å²) in [5, 5.41) is 12.3. The van der Waals surface area contributed by atoms with E-state index in [1.54, 1.807) is 24.3 Å². The molecule has 0 saturated carbocycles. The Morgan fingerprint density at radius 1 is 1.24 bits per heavy atom. The molecule has 1 aliphatic heterocycles. The Kier molecular flexibility index (Phi) is 6.37. The van der Waals surface area contributed by atoms with Gasteiger partial charge in [-0.15, -0.1) is 12.4 Å². The second-order valence-corrected chi connectivity index (χ2v) is 5.49. The highest BCUT2D eigenvalue weighted by molar-refractivity contribution is 5.98. The average molecular weight is 359 g/mol. The van der Waals surface area contributed by atoms with E-state index in [0.29, 0.717) is 23.5 Å². The van der Waals surface area contributed by atoms with Crippen molar-refractivity contribution >= 4 is 29.8 Å². The van der Waals surface area contributed by atoms with E-state index in [-0.39, 0.29) is 18.5 Å². The number of anilines is 2. The first-order chi connectivity index (χ1) is 11.7. The molecule has 0 unspecified atom stereocenters. The van der Waals surface area contributed by atoms with Crippen molar-refractivity contribution in [2.45, 2.75) is 6.10 Å². The minimum Gasteiger partial charge on any atom is -0.371 e. The SMILES string of the molecule is Cl.N#Cc1cccc(N(C(N)=O)c2ccc([C@H]3CNCCO3)cc2)c1. The molecule has 0 aliphatic carbocycles. The van der Waals surface area contributed by atoms with Crippen molar-refractivity contribution in [3.8, 4) is 6.07 Å². The second-order valence-electron chi connectivity index (χ2n) is 5.49. The van der Waals surface area contributed by atoms with Crippen LogP contribution in [0.4, 0.5) is 16.2 Å². The van der Waals surface area contributed by atoms with Gasteiger partial charge >= 0.3 is 6.03 Å². The lowest BCUT2D eigenvalue weighted by molar-refractivity contribution is 0.0277. The molecule has 130 valence electrons. The van der Waals surface area contributed by atoms with Crippen LogP contribution in [0.2, 0.25) is 0 Å². The lowest BCUT2D eigenvalue weighted by atomic mass is 10.1. The van der Waals surface area contributed by atoms with Crippen molar-refractivity contribution in [2.75, 3.05) is 24.6 Å². The predicted octanol–water partition coefficient (Wildman–Crippen LogP) is 2.86. The third-order valence-corrected chi connectivity index (χ3v) is 3.90. The molecule has 25 heavy (non-hydrogen) atoms. The standard InChI is InChI=1S/C18H18N4O2.ClH/c19-11-13-2-1-3-16(10-13)22(18(20)23)15-6-4-14(5-7-15)17-12-21-8-9-24-17;/h1-7,10,17,21H,8-9,12H2,(H2,20,23);1H/t17-;/m1./s1. The summed E-state index contributed by atoms with van der Waals surface area (Å²) in [7, 11) is 0. The summed E-state index contributed by atoms with van der Waals surface area (Å²) in [6, 6.07) is 15.8. The molecule has 6 nitrogen and oxygen atoms in total. The Labute approximate surface area is 152 Å². The fourth-order valence-electron chi connectivity index (χ4n) is 2.74. The van der Waals surface area contributed by atoms with Crippen molar-refractivity contribution in [2.24, 2.45) is 5.73 Å². The summed E-state index contributed by atoms with van der Waals surface area (Å²) in [6.45, 7) is 2.31. The molecule has 0 radical (unpaired) electrons. The molecule has 2 amide bonds. The number of halogens is 1. The van der Waals surface area contributed by atoms with E-state index in [1.165, 1.54) is 4.90 Å². The summed E-state index contributed by atoms with van der Waals surface area (Å²) in [4.78, 5) is 13.3. The largest absolute Gasteiger partial charge is 0.371 e. The smallest absolute Gasteiger partial charge is 0.323 e. The fourth-order valence-corrected chi connectivity index (χ4v) is 2.74. The number of carbonyl (C=O) groups excluding carboxylic acids is 1. The number of amides is 2. The first-order valence-corrected chi connectivity index (χ1v) is 7.71. The van der Waals surface area contributed by atoms with Gasteiger partial charge in [0.05, 0.1) is 35.7 Å². The number of carbonyl (C=O) groups is 1. The van der Waals surface area contributed by atoms with E-state index in [1.807, 2.05) is 24.3 Å². The van der Waals surface area contributed by atoms with Crippen LogP contribution < -0.4 is 16.0 Å². The lowest BCUT2D eigenvalue weighted by Gasteiger charge is -2.25. The molecular weight excluding hydrogens is 340 g/mol. The highest BCUT2D eigenvalue weighted by atomic mass is 35.5. The summed E-state index contributed by atoms with van der Waals surface area (Å²) in [5.41, 5.74) is 8.26. The molecule has 1 aliphatic rings. The van der Waals surface area contributed by atoms with Gasteiger partial charge in [-0.05, 0) is 35.9 Å². The number of morpholine rings is 1. The van der Waals surface area contributed by atoms with Crippen LogP contribution in [-0.2, 0) is 4.74 Å². The predicted molar refractivity (Wildman–Crippen MR) is 98.1 cm³/mol. The number of rotatable bonds is 3.